The molecule has 3 rings (SSSR count). The number of benzene rings is 2. The lowest BCUT2D eigenvalue weighted by atomic mass is 10.0. The van der Waals surface area contributed by atoms with Gasteiger partial charge in [-0.2, -0.15) is 5.26 Å². The first-order valence-electron chi connectivity index (χ1n) is 8.75. The second-order valence-corrected chi connectivity index (χ2v) is 6.45. The van der Waals surface area contributed by atoms with Gasteiger partial charge in [-0.1, -0.05) is 12.1 Å². The number of hydrogen-bond acceptors (Lipinski definition) is 4. The molecule has 0 amide bonds. The van der Waals surface area contributed by atoms with E-state index in [9.17, 15) is 19.8 Å². The first kappa shape index (κ1) is 19.8. The largest absolute Gasteiger partial charge is 0.495 e. The average molecular weight is 391 g/mol. The van der Waals surface area contributed by atoms with Gasteiger partial charge >= 0.3 is 0 Å². The number of ether oxygens (including phenoxy) is 1. The van der Waals surface area contributed by atoms with Crippen molar-refractivity contribution in [2.24, 2.45) is 0 Å². The van der Waals surface area contributed by atoms with Crippen molar-refractivity contribution in [3.05, 3.63) is 87.0 Å². The maximum absolute atomic E-state index is 13.2. The summed E-state index contributed by atoms with van der Waals surface area (Å²) >= 11 is 0. The molecule has 7 heteroatoms. The van der Waals surface area contributed by atoms with E-state index in [1.54, 1.807) is 24.3 Å². The van der Waals surface area contributed by atoms with Crippen molar-refractivity contribution in [2.75, 3.05) is 7.11 Å². The summed E-state index contributed by atoms with van der Waals surface area (Å²) in [5.41, 5.74) is 3.87. The minimum absolute atomic E-state index is 0.0468. The van der Waals surface area contributed by atoms with E-state index in [-0.39, 0.29) is 11.5 Å². The third-order valence-corrected chi connectivity index (χ3v) is 4.66. The van der Waals surface area contributed by atoms with Gasteiger partial charge in [-0.25, -0.2) is 4.39 Å². The number of aromatic nitrogens is 1. The van der Waals surface area contributed by atoms with Crippen LogP contribution in [0.5, 0.6) is 5.75 Å². The molecule has 2 aromatic carbocycles. The van der Waals surface area contributed by atoms with Gasteiger partial charge in [-0.05, 0) is 55.3 Å². The summed E-state index contributed by atoms with van der Waals surface area (Å²) in [6.45, 7) is 3.73. The lowest BCUT2D eigenvalue weighted by molar-refractivity contribution is -0.384. The normalized spacial score (nSPS) is 11.2. The maximum atomic E-state index is 13.2. The fraction of sp³-hybridized carbons (Fsp3) is 0.136. The summed E-state index contributed by atoms with van der Waals surface area (Å²) in [5, 5.41) is 20.8. The second kappa shape index (κ2) is 7.98. The molecule has 1 heterocycles. The van der Waals surface area contributed by atoms with Crippen LogP contribution in [0.25, 0.3) is 17.3 Å². The molecule has 146 valence electrons. The maximum Gasteiger partial charge on any atom is 0.271 e. The van der Waals surface area contributed by atoms with Crippen LogP contribution in [-0.4, -0.2) is 16.6 Å². The number of rotatable bonds is 5. The molecule has 0 bridgehead atoms. The van der Waals surface area contributed by atoms with Gasteiger partial charge in [0.05, 0.1) is 29.4 Å². The first-order valence-corrected chi connectivity index (χ1v) is 8.75. The van der Waals surface area contributed by atoms with E-state index in [1.165, 1.54) is 31.4 Å². The highest BCUT2D eigenvalue weighted by Gasteiger charge is 2.17. The Morgan fingerprint density at radius 2 is 1.90 bits per heavy atom. The molecule has 0 aliphatic carbocycles. The number of aryl methyl sites for hydroxylation is 1. The van der Waals surface area contributed by atoms with Gasteiger partial charge < -0.3 is 9.30 Å². The summed E-state index contributed by atoms with van der Waals surface area (Å²) < 4.78 is 20.4. The molecule has 0 unspecified atom stereocenters. The van der Waals surface area contributed by atoms with Crippen LogP contribution in [-0.2, 0) is 0 Å². The molecule has 1 aromatic heterocycles. The molecule has 0 saturated heterocycles. The number of halogens is 1. The van der Waals surface area contributed by atoms with Gasteiger partial charge in [0, 0.05) is 23.5 Å². The smallest absolute Gasteiger partial charge is 0.271 e. The molecular weight excluding hydrogens is 373 g/mol. The quantitative estimate of drug-likeness (QED) is 0.339. The molecule has 0 saturated carbocycles. The number of hydrogen-bond donors (Lipinski definition) is 0. The molecule has 0 spiro atoms. The molecule has 0 aliphatic rings. The number of nitrogens with zero attached hydrogens (tertiary/aromatic N) is 3. The van der Waals surface area contributed by atoms with Crippen molar-refractivity contribution in [2.45, 2.75) is 13.8 Å². The molecule has 0 atom stereocenters. The molecule has 29 heavy (non-hydrogen) atoms. The molecule has 0 N–H and O–H groups in total. The van der Waals surface area contributed by atoms with Crippen molar-refractivity contribution in [3.63, 3.8) is 0 Å². The zero-order chi connectivity index (χ0) is 21.1. The molecule has 0 aliphatic heterocycles. The second-order valence-electron chi connectivity index (χ2n) is 6.45. The van der Waals surface area contributed by atoms with Crippen LogP contribution in [0.2, 0.25) is 0 Å². The van der Waals surface area contributed by atoms with E-state index in [1.807, 2.05) is 24.5 Å². The molecule has 0 radical (unpaired) electrons. The fourth-order valence-electron chi connectivity index (χ4n) is 3.24. The Bertz CT molecular complexity index is 1160. The summed E-state index contributed by atoms with van der Waals surface area (Å²) in [7, 11) is 1.50. The molecule has 6 nitrogen and oxygen atoms in total. The zero-order valence-corrected chi connectivity index (χ0v) is 16.1. The summed E-state index contributed by atoms with van der Waals surface area (Å²) in [6.07, 6.45) is 1.72. The predicted molar refractivity (Wildman–Crippen MR) is 108 cm³/mol. The number of non-ortho nitro benzene ring substituents is 1. The van der Waals surface area contributed by atoms with Gasteiger partial charge in [0.25, 0.3) is 5.69 Å². The van der Waals surface area contributed by atoms with Crippen LogP contribution in [0.1, 0.15) is 22.5 Å². The molecule has 0 fully saturated rings. The van der Waals surface area contributed by atoms with Crippen LogP contribution in [0.3, 0.4) is 0 Å². The van der Waals surface area contributed by atoms with Gasteiger partial charge in [0.1, 0.15) is 11.6 Å². The van der Waals surface area contributed by atoms with E-state index in [0.717, 1.165) is 17.0 Å². The minimum atomic E-state index is -0.458. The van der Waals surface area contributed by atoms with Gasteiger partial charge in [0.15, 0.2) is 0 Å². The standard InChI is InChI=1S/C22H18FN3O3/c1-14-10-17(11-18(13-24)16-4-6-19(23)7-5-16)15(2)25(14)21-12-20(26(27)28)8-9-22(21)29-3/h4-12H,1-3H3/b18-11+. The van der Waals surface area contributed by atoms with E-state index in [4.69, 9.17) is 4.74 Å². The highest BCUT2D eigenvalue weighted by atomic mass is 19.1. The van der Waals surface area contributed by atoms with Crippen LogP contribution < -0.4 is 4.74 Å². The Hall–Kier alpha value is -3.92. The highest BCUT2D eigenvalue weighted by molar-refractivity contribution is 5.90. The number of allylic oxidation sites excluding steroid dienone is 1. The zero-order valence-electron chi connectivity index (χ0n) is 16.1. The average Bonchev–Trinajstić information content (AvgIpc) is 2.99. The Kier molecular flexibility index (Phi) is 5.46. The lowest BCUT2D eigenvalue weighted by Crippen LogP contribution is -2.03. The summed E-state index contributed by atoms with van der Waals surface area (Å²) in [6, 6.07) is 14.1. The Balaban J connectivity index is 2.15. The van der Waals surface area contributed by atoms with Crippen molar-refractivity contribution in [1.29, 1.82) is 5.26 Å². The third kappa shape index (κ3) is 3.87. The van der Waals surface area contributed by atoms with E-state index < -0.39 is 4.92 Å². The fourth-order valence-corrected chi connectivity index (χ4v) is 3.24. The third-order valence-electron chi connectivity index (χ3n) is 4.66. The van der Waals surface area contributed by atoms with E-state index in [2.05, 4.69) is 6.07 Å². The van der Waals surface area contributed by atoms with Gasteiger partial charge in [0.2, 0.25) is 0 Å². The van der Waals surface area contributed by atoms with Gasteiger partial charge in [-0.15, -0.1) is 0 Å². The number of nitro benzene ring substituents is 1. The van der Waals surface area contributed by atoms with Crippen LogP contribution in [0.15, 0.2) is 48.5 Å². The van der Waals surface area contributed by atoms with Crippen molar-refractivity contribution in [1.82, 2.24) is 4.57 Å². The Morgan fingerprint density at radius 3 is 2.48 bits per heavy atom. The Labute approximate surface area is 167 Å². The highest BCUT2D eigenvalue weighted by Crippen LogP contribution is 2.32. The topological polar surface area (TPSA) is 81.1 Å². The van der Waals surface area contributed by atoms with Gasteiger partial charge in [-0.3, -0.25) is 10.1 Å². The van der Waals surface area contributed by atoms with Crippen molar-refractivity contribution in [3.8, 4) is 17.5 Å². The van der Waals surface area contributed by atoms with Crippen molar-refractivity contribution >= 4 is 17.3 Å². The van der Waals surface area contributed by atoms with E-state index in [0.29, 0.717) is 22.6 Å². The monoisotopic (exact) mass is 391 g/mol. The van der Waals surface area contributed by atoms with Crippen LogP contribution in [0.4, 0.5) is 10.1 Å². The van der Waals surface area contributed by atoms with E-state index >= 15 is 0 Å². The molecular formula is C22H18FN3O3. The summed E-state index contributed by atoms with van der Waals surface area (Å²) in [5.74, 6) is 0.119. The number of nitriles is 1. The molecule has 3 aromatic rings. The SMILES string of the molecule is COc1ccc([N+](=O)[O-])cc1-n1c(C)cc(/C=C(\C#N)c2ccc(F)cc2)c1C. The first-order chi connectivity index (χ1) is 13.8. The predicted octanol–water partition coefficient (Wildman–Crippen LogP) is 5.21. The Morgan fingerprint density at radius 1 is 1.21 bits per heavy atom. The summed E-state index contributed by atoms with van der Waals surface area (Å²) in [4.78, 5) is 10.7. The minimum Gasteiger partial charge on any atom is -0.495 e. The van der Waals surface area contributed by atoms with Crippen molar-refractivity contribution < 1.29 is 14.1 Å². The number of nitro groups is 1. The van der Waals surface area contributed by atoms with Crippen LogP contribution in [0, 0.1) is 41.1 Å². The van der Waals surface area contributed by atoms with Crippen LogP contribution >= 0.6 is 0 Å². The number of methoxy groups -OCH3 is 1. The lowest BCUT2D eigenvalue weighted by Gasteiger charge is -2.14.